The first-order chi connectivity index (χ1) is 12.3. The number of amides is 1. The normalized spacial score (nSPS) is 22.3. The van der Waals surface area contributed by atoms with Crippen molar-refractivity contribution >= 4 is 17.2 Å². The van der Waals surface area contributed by atoms with Gasteiger partial charge in [0.25, 0.3) is 0 Å². The summed E-state index contributed by atoms with van der Waals surface area (Å²) in [6.07, 6.45) is 8.01. The minimum absolute atomic E-state index is 0.139. The molecular weight excluding hydrogens is 316 g/mol. The van der Waals surface area contributed by atoms with Crippen LogP contribution in [0.1, 0.15) is 37.3 Å². The number of likely N-dealkylation sites (tertiary alicyclic amines) is 1. The molecular formula is C19H26N4O2. The zero-order valence-corrected chi connectivity index (χ0v) is 14.8. The second-order valence-corrected chi connectivity index (χ2v) is 7.08. The van der Waals surface area contributed by atoms with Crippen molar-refractivity contribution in [2.24, 2.45) is 5.92 Å². The van der Waals surface area contributed by atoms with Gasteiger partial charge >= 0.3 is 0 Å². The molecule has 0 spiro atoms. The zero-order valence-electron chi connectivity index (χ0n) is 14.8. The molecule has 134 valence electrons. The number of ether oxygens (including phenoxy) is 1. The Morgan fingerprint density at radius 1 is 1.32 bits per heavy atom. The summed E-state index contributed by atoms with van der Waals surface area (Å²) in [5.41, 5.74) is 2.15. The third kappa shape index (κ3) is 3.23. The van der Waals surface area contributed by atoms with Gasteiger partial charge in [-0.25, -0.2) is 4.98 Å². The molecule has 1 N–H and O–H groups in total. The first-order valence-electron chi connectivity index (χ1n) is 9.28. The maximum atomic E-state index is 12.9. The molecule has 0 bridgehead atoms. The van der Waals surface area contributed by atoms with Crippen LogP contribution in [0.3, 0.4) is 0 Å². The van der Waals surface area contributed by atoms with Gasteiger partial charge in [0, 0.05) is 57.6 Å². The van der Waals surface area contributed by atoms with Crippen molar-refractivity contribution in [3.05, 3.63) is 30.2 Å². The van der Waals surface area contributed by atoms with Crippen molar-refractivity contribution in [3.63, 3.8) is 0 Å². The summed E-state index contributed by atoms with van der Waals surface area (Å²) in [7, 11) is 1.90. The number of anilines is 1. The summed E-state index contributed by atoms with van der Waals surface area (Å²) >= 11 is 0. The molecule has 0 saturated carbocycles. The second-order valence-electron chi connectivity index (χ2n) is 7.08. The molecule has 2 aromatic rings. The number of nitrogens with zero attached hydrogens (tertiary/aromatic N) is 3. The predicted molar refractivity (Wildman–Crippen MR) is 96.8 cm³/mol. The average Bonchev–Trinajstić information content (AvgIpc) is 3.16. The predicted octanol–water partition coefficient (Wildman–Crippen LogP) is 2.51. The van der Waals surface area contributed by atoms with Crippen LogP contribution in [-0.2, 0) is 9.53 Å². The van der Waals surface area contributed by atoms with E-state index in [2.05, 4.69) is 33.1 Å². The summed E-state index contributed by atoms with van der Waals surface area (Å²) in [4.78, 5) is 19.7. The Balaban J connectivity index is 1.53. The van der Waals surface area contributed by atoms with Crippen LogP contribution in [0.5, 0.6) is 0 Å². The van der Waals surface area contributed by atoms with E-state index in [0.717, 1.165) is 55.8 Å². The standard InChI is InChI=1S/C19H26N4O2/c1-20-18-17-5-3-8-22(17)13-16(21-18)15-4-2-9-23(12-15)19(24)14-6-10-25-11-7-14/h3,5,8,13-15H,2,4,6-7,9-12H2,1H3,(H,20,21)/t15-/m1/s1. The fraction of sp³-hybridized carbons (Fsp3) is 0.579. The lowest BCUT2D eigenvalue weighted by Crippen LogP contribution is -2.43. The highest BCUT2D eigenvalue weighted by atomic mass is 16.5. The van der Waals surface area contributed by atoms with Crippen LogP contribution in [0.15, 0.2) is 24.5 Å². The summed E-state index contributed by atoms with van der Waals surface area (Å²) in [5, 5.41) is 3.19. The Morgan fingerprint density at radius 2 is 2.16 bits per heavy atom. The molecule has 2 fully saturated rings. The third-order valence-corrected chi connectivity index (χ3v) is 5.49. The molecule has 0 aromatic carbocycles. The first kappa shape index (κ1) is 16.4. The van der Waals surface area contributed by atoms with E-state index in [1.807, 2.05) is 13.1 Å². The molecule has 1 amide bonds. The van der Waals surface area contributed by atoms with Gasteiger partial charge in [0.05, 0.1) is 11.2 Å². The van der Waals surface area contributed by atoms with Crippen molar-refractivity contribution < 1.29 is 9.53 Å². The summed E-state index contributed by atoms with van der Waals surface area (Å²) in [5.74, 6) is 1.65. The van der Waals surface area contributed by atoms with Crippen molar-refractivity contribution in [1.29, 1.82) is 0 Å². The van der Waals surface area contributed by atoms with E-state index in [1.54, 1.807) is 0 Å². The molecule has 2 aliphatic heterocycles. The number of carbonyl (C=O) groups is 1. The number of hydrogen-bond donors (Lipinski definition) is 1. The molecule has 2 saturated heterocycles. The highest BCUT2D eigenvalue weighted by Gasteiger charge is 2.31. The lowest BCUT2D eigenvalue weighted by atomic mass is 9.92. The van der Waals surface area contributed by atoms with Gasteiger partial charge in [0.15, 0.2) is 0 Å². The van der Waals surface area contributed by atoms with Gasteiger partial charge in [-0.05, 0) is 37.8 Å². The van der Waals surface area contributed by atoms with Gasteiger partial charge in [-0.1, -0.05) is 0 Å². The van der Waals surface area contributed by atoms with Crippen LogP contribution in [0, 0.1) is 5.92 Å². The van der Waals surface area contributed by atoms with Gasteiger partial charge in [-0.2, -0.15) is 0 Å². The quantitative estimate of drug-likeness (QED) is 0.931. The SMILES string of the molecule is CNc1nc([C@@H]2CCCN(C(=O)C3CCOCC3)C2)cn2cccc12. The topological polar surface area (TPSA) is 58.9 Å². The average molecular weight is 342 g/mol. The number of carbonyl (C=O) groups excluding carboxylic acids is 1. The monoisotopic (exact) mass is 342 g/mol. The van der Waals surface area contributed by atoms with E-state index < -0.39 is 0 Å². The van der Waals surface area contributed by atoms with Gasteiger partial charge in [-0.15, -0.1) is 0 Å². The van der Waals surface area contributed by atoms with Crippen LogP contribution in [0.25, 0.3) is 5.52 Å². The lowest BCUT2D eigenvalue weighted by molar-refractivity contribution is -0.139. The van der Waals surface area contributed by atoms with Crippen LogP contribution < -0.4 is 5.32 Å². The smallest absolute Gasteiger partial charge is 0.225 e. The third-order valence-electron chi connectivity index (χ3n) is 5.49. The Labute approximate surface area is 148 Å². The molecule has 1 atom stereocenters. The summed E-state index contributed by atoms with van der Waals surface area (Å²) in [6, 6.07) is 4.09. The van der Waals surface area contributed by atoms with E-state index in [0.29, 0.717) is 25.0 Å². The van der Waals surface area contributed by atoms with Crippen LogP contribution >= 0.6 is 0 Å². The van der Waals surface area contributed by atoms with Crippen molar-refractivity contribution in [3.8, 4) is 0 Å². The summed E-state index contributed by atoms with van der Waals surface area (Å²) in [6.45, 7) is 3.08. The minimum atomic E-state index is 0.139. The Kier molecular flexibility index (Phi) is 4.61. The van der Waals surface area contributed by atoms with E-state index in [9.17, 15) is 4.79 Å². The number of fused-ring (bicyclic) bond motifs is 1. The number of rotatable bonds is 3. The molecule has 4 heterocycles. The molecule has 0 aliphatic carbocycles. The summed E-state index contributed by atoms with van der Waals surface area (Å²) < 4.78 is 7.51. The second kappa shape index (κ2) is 7.04. The van der Waals surface area contributed by atoms with Crippen molar-refractivity contribution in [2.45, 2.75) is 31.6 Å². The van der Waals surface area contributed by atoms with Gasteiger partial charge < -0.3 is 19.4 Å². The number of aromatic nitrogens is 2. The molecule has 6 nitrogen and oxygen atoms in total. The maximum Gasteiger partial charge on any atom is 0.225 e. The first-order valence-corrected chi connectivity index (χ1v) is 9.28. The van der Waals surface area contributed by atoms with Crippen molar-refractivity contribution in [2.75, 3.05) is 38.7 Å². The van der Waals surface area contributed by atoms with E-state index in [4.69, 9.17) is 9.72 Å². The van der Waals surface area contributed by atoms with Gasteiger partial charge in [0.1, 0.15) is 5.82 Å². The van der Waals surface area contributed by atoms with E-state index in [1.165, 1.54) is 0 Å². The molecule has 25 heavy (non-hydrogen) atoms. The maximum absolute atomic E-state index is 12.9. The van der Waals surface area contributed by atoms with E-state index in [-0.39, 0.29) is 5.92 Å². The number of piperidine rings is 1. The molecule has 4 rings (SSSR count). The highest BCUT2D eigenvalue weighted by molar-refractivity contribution is 5.79. The Bertz CT molecular complexity index is 751. The number of nitrogens with one attached hydrogen (secondary N) is 1. The van der Waals surface area contributed by atoms with Crippen LogP contribution in [0.4, 0.5) is 5.82 Å². The van der Waals surface area contributed by atoms with Crippen molar-refractivity contribution in [1.82, 2.24) is 14.3 Å². The molecule has 2 aromatic heterocycles. The largest absolute Gasteiger partial charge is 0.381 e. The van der Waals surface area contributed by atoms with Gasteiger partial charge in [-0.3, -0.25) is 4.79 Å². The Morgan fingerprint density at radius 3 is 2.96 bits per heavy atom. The minimum Gasteiger partial charge on any atom is -0.381 e. The fourth-order valence-electron chi connectivity index (χ4n) is 4.07. The Hall–Kier alpha value is -2.08. The lowest BCUT2D eigenvalue weighted by Gasteiger charge is -2.35. The van der Waals surface area contributed by atoms with Crippen LogP contribution in [0.2, 0.25) is 0 Å². The molecule has 0 unspecified atom stereocenters. The highest BCUT2D eigenvalue weighted by Crippen LogP contribution is 2.29. The zero-order chi connectivity index (χ0) is 17.2. The molecule has 2 aliphatic rings. The molecule has 0 radical (unpaired) electrons. The molecule has 6 heteroatoms. The van der Waals surface area contributed by atoms with Gasteiger partial charge in [0.2, 0.25) is 5.91 Å². The van der Waals surface area contributed by atoms with E-state index >= 15 is 0 Å². The van der Waals surface area contributed by atoms with Crippen LogP contribution in [-0.4, -0.2) is 53.5 Å². The fourth-order valence-corrected chi connectivity index (χ4v) is 4.07. The number of hydrogen-bond acceptors (Lipinski definition) is 4.